The van der Waals surface area contributed by atoms with Crippen molar-refractivity contribution in [1.29, 1.82) is 0 Å². The molecule has 1 heterocycles. The molecular formula is C13H8BrFN2O3. The molecule has 1 aromatic carbocycles. The Hall–Kier alpha value is -2.28. The van der Waals surface area contributed by atoms with E-state index in [2.05, 4.69) is 26.2 Å². The topological polar surface area (TPSA) is 79.3 Å². The van der Waals surface area contributed by atoms with Crippen LogP contribution >= 0.6 is 15.9 Å². The minimum atomic E-state index is -1.24. The first-order chi connectivity index (χ1) is 9.49. The van der Waals surface area contributed by atoms with Gasteiger partial charge in [0.1, 0.15) is 11.5 Å². The maximum Gasteiger partial charge on any atom is 0.354 e. The Kier molecular flexibility index (Phi) is 4.09. The number of carbonyl (C=O) groups is 2. The second kappa shape index (κ2) is 5.79. The summed E-state index contributed by atoms with van der Waals surface area (Å²) in [5, 5.41) is 11.2. The molecule has 2 rings (SSSR count). The fourth-order valence-corrected chi connectivity index (χ4v) is 1.93. The largest absolute Gasteiger partial charge is 0.477 e. The van der Waals surface area contributed by atoms with Gasteiger partial charge in [0.05, 0.1) is 5.69 Å². The number of hydrogen-bond donors (Lipinski definition) is 2. The van der Waals surface area contributed by atoms with E-state index >= 15 is 0 Å². The summed E-state index contributed by atoms with van der Waals surface area (Å²) in [5.74, 6) is -2.47. The number of rotatable bonds is 3. The summed E-state index contributed by atoms with van der Waals surface area (Å²) >= 11 is 3.12. The molecule has 0 saturated heterocycles. The average molecular weight is 339 g/mol. The van der Waals surface area contributed by atoms with E-state index < -0.39 is 17.7 Å². The van der Waals surface area contributed by atoms with Crippen LogP contribution in [0.5, 0.6) is 0 Å². The van der Waals surface area contributed by atoms with E-state index in [1.54, 1.807) is 6.07 Å². The monoisotopic (exact) mass is 338 g/mol. The van der Waals surface area contributed by atoms with Gasteiger partial charge in [-0.05, 0) is 40.2 Å². The predicted octanol–water partition coefficient (Wildman–Crippen LogP) is 2.93. The van der Waals surface area contributed by atoms with Crippen LogP contribution in [-0.4, -0.2) is 22.0 Å². The summed E-state index contributed by atoms with van der Waals surface area (Å²) < 4.78 is 14.0. The number of carbonyl (C=O) groups excluding carboxylic acids is 1. The summed E-state index contributed by atoms with van der Waals surface area (Å²) in [7, 11) is 0. The lowest BCUT2D eigenvalue weighted by Gasteiger charge is -2.08. The van der Waals surface area contributed by atoms with Gasteiger partial charge >= 0.3 is 5.97 Å². The smallest absolute Gasteiger partial charge is 0.354 e. The highest BCUT2D eigenvalue weighted by molar-refractivity contribution is 9.10. The zero-order chi connectivity index (χ0) is 14.7. The molecule has 7 heteroatoms. The van der Waals surface area contributed by atoms with Crippen molar-refractivity contribution >= 4 is 33.5 Å². The van der Waals surface area contributed by atoms with E-state index in [1.165, 1.54) is 24.4 Å². The average Bonchev–Trinajstić information content (AvgIpc) is 2.43. The van der Waals surface area contributed by atoms with Gasteiger partial charge in [-0.2, -0.15) is 0 Å². The van der Waals surface area contributed by atoms with Crippen molar-refractivity contribution in [2.75, 3.05) is 5.32 Å². The summed E-state index contributed by atoms with van der Waals surface area (Å²) in [6, 6.07) is 6.73. The molecule has 102 valence electrons. The zero-order valence-electron chi connectivity index (χ0n) is 9.93. The lowest BCUT2D eigenvalue weighted by atomic mass is 10.2. The molecule has 0 spiro atoms. The van der Waals surface area contributed by atoms with E-state index in [1.807, 2.05) is 0 Å². The summed E-state index contributed by atoms with van der Waals surface area (Å²) in [4.78, 5) is 26.4. The van der Waals surface area contributed by atoms with Gasteiger partial charge in [-0.25, -0.2) is 14.2 Å². The van der Waals surface area contributed by atoms with Crippen molar-refractivity contribution in [2.24, 2.45) is 0 Å². The van der Waals surface area contributed by atoms with Gasteiger partial charge in [0.25, 0.3) is 5.91 Å². The molecule has 2 aromatic rings. The quantitative estimate of drug-likeness (QED) is 0.901. The number of amides is 1. The van der Waals surface area contributed by atoms with Crippen LogP contribution in [0.25, 0.3) is 0 Å². The first-order valence-corrected chi connectivity index (χ1v) is 6.23. The van der Waals surface area contributed by atoms with Crippen LogP contribution in [0.1, 0.15) is 20.8 Å². The number of nitrogens with zero attached hydrogens (tertiary/aromatic N) is 1. The van der Waals surface area contributed by atoms with Crippen LogP contribution in [-0.2, 0) is 0 Å². The van der Waals surface area contributed by atoms with Crippen LogP contribution in [0.3, 0.4) is 0 Å². The Balaban J connectivity index is 2.29. The second-order valence-corrected chi connectivity index (χ2v) is 4.64. The van der Waals surface area contributed by atoms with Crippen molar-refractivity contribution in [3.8, 4) is 0 Å². The second-order valence-electron chi connectivity index (χ2n) is 3.79. The predicted molar refractivity (Wildman–Crippen MR) is 73.2 cm³/mol. The molecule has 20 heavy (non-hydrogen) atoms. The minimum Gasteiger partial charge on any atom is -0.477 e. The van der Waals surface area contributed by atoms with Gasteiger partial charge in [-0.15, -0.1) is 0 Å². The molecule has 0 aliphatic carbocycles. The summed E-state index contributed by atoms with van der Waals surface area (Å²) in [6.07, 6.45) is 1.20. The van der Waals surface area contributed by atoms with E-state index in [9.17, 15) is 14.0 Å². The van der Waals surface area contributed by atoms with Crippen molar-refractivity contribution in [1.82, 2.24) is 4.98 Å². The van der Waals surface area contributed by atoms with Gasteiger partial charge in [-0.3, -0.25) is 4.79 Å². The fourth-order valence-electron chi connectivity index (χ4n) is 1.49. The third-order valence-electron chi connectivity index (χ3n) is 2.44. The Morgan fingerprint density at radius 2 is 2.05 bits per heavy atom. The van der Waals surface area contributed by atoms with Crippen molar-refractivity contribution < 1.29 is 19.1 Å². The van der Waals surface area contributed by atoms with E-state index in [-0.39, 0.29) is 16.9 Å². The van der Waals surface area contributed by atoms with Gasteiger partial charge in [-0.1, -0.05) is 6.07 Å². The number of halogens is 2. The highest BCUT2D eigenvalue weighted by Gasteiger charge is 2.14. The van der Waals surface area contributed by atoms with Gasteiger partial charge in [0.2, 0.25) is 0 Å². The molecule has 0 aliphatic heterocycles. The zero-order valence-corrected chi connectivity index (χ0v) is 11.5. The molecule has 0 atom stereocenters. The number of carboxylic acids is 1. The lowest BCUT2D eigenvalue weighted by Crippen LogP contribution is -2.14. The number of para-hydroxylation sites is 1. The highest BCUT2D eigenvalue weighted by atomic mass is 79.9. The first-order valence-electron chi connectivity index (χ1n) is 5.44. The van der Waals surface area contributed by atoms with Gasteiger partial charge < -0.3 is 10.4 Å². The molecule has 2 N–H and O–H groups in total. The standard InChI is InChI=1S/C13H8BrFN2O3/c14-8-2-1-3-9(15)11(8)17-12(18)7-4-5-16-10(6-7)13(19)20/h1-6H,(H,17,18)(H,19,20). The Morgan fingerprint density at radius 1 is 1.30 bits per heavy atom. The Bertz CT molecular complexity index is 671. The van der Waals surface area contributed by atoms with Gasteiger partial charge in [0, 0.05) is 16.2 Å². The van der Waals surface area contributed by atoms with Crippen LogP contribution < -0.4 is 5.32 Å². The van der Waals surface area contributed by atoms with E-state index in [4.69, 9.17) is 5.11 Å². The molecule has 5 nitrogen and oxygen atoms in total. The number of pyridine rings is 1. The minimum absolute atomic E-state index is 0.00816. The van der Waals surface area contributed by atoms with Crippen LogP contribution in [0.2, 0.25) is 0 Å². The summed E-state index contributed by atoms with van der Waals surface area (Å²) in [5.41, 5.74) is -0.191. The fraction of sp³-hybridized carbons (Fsp3) is 0. The molecular weight excluding hydrogens is 331 g/mol. The highest BCUT2D eigenvalue weighted by Crippen LogP contribution is 2.25. The Labute approximate surface area is 121 Å². The molecule has 0 radical (unpaired) electrons. The number of aromatic carboxylic acids is 1. The third-order valence-corrected chi connectivity index (χ3v) is 3.10. The summed E-state index contributed by atoms with van der Waals surface area (Å²) in [6.45, 7) is 0. The number of aromatic nitrogens is 1. The first kappa shape index (κ1) is 14.1. The SMILES string of the molecule is O=C(Nc1c(F)cccc1Br)c1ccnc(C(=O)O)c1. The van der Waals surface area contributed by atoms with E-state index in [0.29, 0.717) is 4.47 Å². The van der Waals surface area contributed by atoms with Crippen LogP contribution in [0.15, 0.2) is 41.0 Å². The molecule has 0 aliphatic rings. The number of nitrogens with one attached hydrogen (secondary N) is 1. The third kappa shape index (κ3) is 3.00. The normalized spacial score (nSPS) is 10.1. The van der Waals surface area contributed by atoms with Crippen LogP contribution in [0, 0.1) is 5.82 Å². The number of carboxylic acid groups (broad SMARTS) is 1. The van der Waals surface area contributed by atoms with Crippen LogP contribution in [0.4, 0.5) is 10.1 Å². The van der Waals surface area contributed by atoms with Crippen molar-refractivity contribution in [3.05, 3.63) is 58.1 Å². The maximum absolute atomic E-state index is 13.6. The molecule has 1 aromatic heterocycles. The number of anilines is 1. The molecule has 0 fully saturated rings. The maximum atomic E-state index is 13.6. The van der Waals surface area contributed by atoms with Crippen molar-refractivity contribution in [3.63, 3.8) is 0 Å². The molecule has 0 unspecified atom stereocenters. The van der Waals surface area contributed by atoms with Crippen molar-refractivity contribution in [2.45, 2.75) is 0 Å². The van der Waals surface area contributed by atoms with Gasteiger partial charge in [0.15, 0.2) is 0 Å². The molecule has 0 bridgehead atoms. The molecule has 0 saturated carbocycles. The lowest BCUT2D eigenvalue weighted by molar-refractivity contribution is 0.0690. The Morgan fingerprint density at radius 3 is 2.70 bits per heavy atom. The number of benzene rings is 1. The van der Waals surface area contributed by atoms with E-state index in [0.717, 1.165) is 6.07 Å². The number of hydrogen-bond acceptors (Lipinski definition) is 3. The molecule has 1 amide bonds.